The maximum absolute atomic E-state index is 12.0. The molecule has 0 aliphatic carbocycles. The Bertz CT molecular complexity index is 472. The highest BCUT2D eigenvalue weighted by Crippen LogP contribution is 2.28. The second-order valence-electron chi connectivity index (χ2n) is 4.29. The topological polar surface area (TPSA) is 79.7 Å². The van der Waals surface area contributed by atoms with E-state index in [1.807, 2.05) is 6.92 Å². The second-order valence-corrected chi connectivity index (χ2v) is 5.04. The van der Waals surface area contributed by atoms with Gasteiger partial charge in [-0.05, 0) is 31.8 Å². The first-order valence-electron chi connectivity index (χ1n) is 5.87. The number of rotatable bonds is 6. The van der Waals surface area contributed by atoms with Crippen molar-refractivity contribution in [3.05, 3.63) is 11.3 Å². The number of carboxylic acids is 1. The van der Waals surface area contributed by atoms with E-state index in [0.29, 0.717) is 23.5 Å². The molecule has 1 aromatic rings. The molecule has 0 aliphatic rings. The highest BCUT2D eigenvalue weighted by molar-refractivity contribution is 7.11. The van der Waals surface area contributed by atoms with Gasteiger partial charge in [0.2, 0.25) is 5.91 Å². The third kappa shape index (κ3) is 3.74. The van der Waals surface area contributed by atoms with Crippen LogP contribution < -0.4 is 4.90 Å². The lowest BCUT2D eigenvalue weighted by Gasteiger charge is -2.17. The molecule has 106 valence electrons. The van der Waals surface area contributed by atoms with Crippen LogP contribution in [0.25, 0.3) is 0 Å². The number of aromatic carboxylic acids is 1. The summed E-state index contributed by atoms with van der Waals surface area (Å²) in [4.78, 5) is 24.5. The van der Waals surface area contributed by atoms with Gasteiger partial charge in [-0.3, -0.25) is 4.79 Å². The fourth-order valence-electron chi connectivity index (χ4n) is 1.56. The standard InChI is InChI=1S/C12H18N2O4S/c1-7(18-4)5-6-9(15)14(3)11-10(12(16)17)8(2)13-19-11/h7H,5-6H2,1-4H3,(H,16,17). The Morgan fingerprint density at radius 2 is 2.16 bits per heavy atom. The molecule has 1 aromatic heterocycles. The number of anilines is 1. The number of carbonyl (C=O) groups is 2. The van der Waals surface area contributed by atoms with Crippen LogP contribution in [0.2, 0.25) is 0 Å². The van der Waals surface area contributed by atoms with Crippen molar-refractivity contribution in [2.24, 2.45) is 0 Å². The smallest absolute Gasteiger partial charge is 0.340 e. The minimum absolute atomic E-state index is 0.000471. The van der Waals surface area contributed by atoms with Gasteiger partial charge >= 0.3 is 5.97 Å². The molecule has 1 heterocycles. The summed E-state index contributed by atoms with van der Waals surface area (Å²) >= 11 is 1.02. The molecule has 1 unspecified atom stereocenters. The van der Waals surface area contributed by atoms with E-state index < -0.39 is 5.97 Å². The molecule has 0 aromatic carbocycles. The number of hydrogen-bond donors (Lipinski definition) is 1. The van der Waals surface area contributed by atoms with Crippen molar-refractivity contribution in [3.63, 3.8) is 0 Å². The van der Waals surface area contributed by atoms with E-state index >= 15 is 0 Å². The van der Waals surface area contributed by atoms with Crippen LogP contribution in [0.3, 0.4) is 0 Å². The molecule has 7 heteroatoms. The van der Waals surface area contributed by atoms with E-state index in [0.717, 1.165) is 11.5 Å². The Kier molecular flexibility index (Phi) is 5.44. The van der Waals surface area contributed by atoms with E-state index in [9.17, 15) is 9.59 Å². The number of aromatic nitrogens is 1. The van der Waals surface area contributed by atoms with Gasteiger partial charge in [0.1, 0.15) is 10.6 Å². The zero-order chi connectivity index (χ0) is 14.6. The quantitative estimate of drug-likeness (QED) is 0.864. The van der Waals surface area contributed by atoms with Gasteiger partial charge in [0.05, 0.1) is 11.8 Å². The number of nitrogens with zero attached hydrogens (tertiary/aromatic N) is 2. The van der Waals surface area contributed by atoms with E-state index in [-0.39, 0.29) is 17.6 Å². The molecule has 1 rings (SSSR count). The summed E-state index contributed by atoms with van der Waals surface area (Å²) in [6.45, 7) is 3.50. The molecule has 0 saturated heterocycles. The van der Waals surface area contributed by atoms with Crippen LogP contribution in [0, 0.1) is 6.92 Å². The highest BCUT2D eigenvalue weighted by atomic mass is 32.1. The van der Waals surface area contributed by atoms with Gasteiger partial charge in [-0.1, -0.05) is 0 Å². The Labute approximate surface area is 116 Å². The third-order valence-electron chi connectivity index (χ3n) is 2.90. The maximum Gasteiger partial charge on any atom is 0.340 e. The Hall–Kier alpha value is -1.47. The molecule has 1 amide bonds. The van der Waals surface area contributed by atoms with Crippen LogP contribution in [0.1, 0.15) is 35.8 Å². The van der Waals surface area contributed by atoms with E-state index in [1.54, 1.807) is 21.1 Å². The lowest BCUT2D eigenvalue weighted by atomic mass is 10.2. The zero-order valence-electron chi connectivity index (χ0n) is 11.5. The number of hydrogen-bond acceptors (Lipinski definition) is 5. The van der Waals surface area contributed by atoms with Crippen molar-refractivity contribution < 1.29 is 19.4 Å². The molecule has 1 N–H and O–H groups in total. The average molecular weight is 286 g/mol. The van der Waals surface area contributed by atoms with Crippen LogP contribution in [-0.2, 0) is 9.53 Å². The molecular weight excluding hydrogens is 268 g/mol. The van der Waals surface area contributed by atoms with Crippen LogP contribution in [-0.4, -0.2) is 41.6 Å². The Morgan fingerprint density at radius 3 is 2.68 bits per heavy atom. The number of ether oxygens (including phenoxy) is 1. The van der Waals surface area contributed by atoms with E-state index in [4.69, 9.17) is 9.84 Å². The van der Waals surface area contributed by atoms with Crippen LogP contribution in [0.5, 0.6) is 0 Å². The van der Waals surface area contributed by atoms with E-state index in [1.165, 1.54) is 4.90 Å². The number of carboxylic acid groups (broad SMARTS) is 1. The van der Waals surface area contributed by atoms with Gasteiger partial charge in [-0.25, -0.2) is 4.79 Å². The molecule has 0 saturated carbocycles. The average Bonchev–Trinajstić information content (AvgIpc) is 2.76. The molecule has 0 spiro atoms. The fraction of sp³-hybridized carbons (Fsp3) is 0.583. The Balaban J connectivity index is 2.80. The highest BCUT2D eigenvalue weighted by Gasteiger charge is 2.23. The lowest BCUT2D eigenvalue weighted by molar-refractivity contribution is -0.118. The second kappa shape index (κ2) is 6.63. The van der Waals surface area contributed by atoms with Crippen LogP contribution in [0.15, 0.2) is 0 Å². The van der Waals surface area contributed by atoms with Crippen LogP contribution >= 0.6 is 11.5 Å². The summed E-state index contributed by atoms with van der Waals surface area (Å²) in [6.07, 6.45) is 0.904. The number of amides is 1. The van der Waals surface area contributed by atoms with Gasteiger partial charge < -0.3 is 14.7 Å². The summed E-state index contributed by atoms with van der Waals surface area (Å²) in [5, 5.41) is 9.51. The van der Waals surface area contributed by atoms with Gasteiger partial charge in [0, 0.05) is 20.6 Å². The summed E-state index contributed by atoms with van der Waals surface area (Å²) in [7, 11) is 3.16. The summed E-state index contributed by atoms with van der Waals surface area (Å²) in [5.74, 6) is -1.21. The molecule has 6 nitrogen and oxygen atoms in total. The maximum atomic E-state index is 12.0. The first kappa shape index (κ1) is 15.6. The SMILES string of the molecule is COC(C)CCC(=O)N(C)c1snc(C)c1C(=O)O. The number of aryl methyl sites for hydroxylation is 1. The summed E-state index contributed by atoms with van der Waals surface area (Å²) < 4.78 is 9.07. The predicted molar refractivity (Wildman–Crippen MR) is 72.9 cm³/mol. The Morgan fingerprint density at radius 1 is 1.53 bits per heavy atom. The van der Waals surface area contributed by atoms with Crippen molar-refractivity contribution in [2.45, 2.75) is 32.8 Å². The van der Waals surface area contributed by atoms with Crippen molar-refractivity contribution in [1.82, 2.24) is 4.37 Å². The molecule has 1 atom stereocenters. The predicted octanol–water partition coefficient (Wildman–Crippen LogP) is 1.93. The molecule has 0 aliphatic heterocycles. The summed E-state index contributed by atoms with van der Waals surface area (Å²) in [5.41, 5.74) is 0.526. The number of carbonyl (C=O) groups excluding carboxylic acids is 1. The van der Waals surface area contributed by atoms with Gasteiger partial charge in [-0.15, -0.1) is 0 Å². The monoisotopic (exact) mass is 286 g/mol. The molecule has 0 fully saturated rings. The largest absolute Gasteiger partial charge is 0.478 e. The van der Waals surface area contributed by atoms with E-state index in [2.05, 4.69) is 4.37 Å². The molecule has 0 radical (unpaired) electrons. The minimum Gasteiger partial charge on any atom is -0.478 e. The first-order valence-corrected chi connectivity index (χ1v) is 6.64. The summed E-state index contributed by atoms with van der Waals surface area (Å²) in [6, 6.07) is 0. The van der Waals surface area contributed by atoms with Crippen molar-refractivity contribution in [1.29, 1.82) is 0 Å². The van der Waals surface area contributed by atoms with Gasteiger partial charge in [0.15, 0.2) is 0 Å². The van der Waals surface area contributed by atoms with Crippen molar-refractivity contribution in [3.8, 4) is 0 Å². The molecular formula is C12H18N2O4S. The molecule has 19 heavy (non-hydrogen) atoms. The van der Waals surface area contributed by atoms with Gasteiger partial charge in [0.25, 0.3) is 0 Å². The van der Waals surface area contributed by atoms with Crippen molar-refractivity contribution in [2.75, 3.05) is 19.1 Å². The van der Waals surface area contributed by atoms with Crippen molar-refractivity contribution >= 4 is 28.4 Å². The first-order chi connectivity index (χ1) is 8.88. The molecule has 0 bridgehead atoms. The normalized spacial score (nSPS) is 12.2. The zero-order valence-corrected chi connectivity index (χ0v) is 12.3. The third-order valence-corrected chi connectivity index (χ3v) is 3.92. The fourth-order valence-corrected chi connectivity index (χ4v) is 2.42. The minimum atomic E-state index is -1.06. The van der Waals surface area contributed by atoms with Gasteiger partial charge in [-0.2, -0.15) is 4.37 Å². The lowest BCUT2D eigenvalue weighted by Crippen LogP contribution is -2.27. The van der Waals surface area contributed by atoms with Crippen LogP contribution in [0.4, 0.5) is 5.00 Å². The number of methoxy groups -OCH3 is 1.